The van der Waals surface area contributed by atoms with Crippen molar-refractivity contribution in [2.75, 3.05) is 20.2 Å². The van der Waals surface area contributed by atoms with Crippen molar-refractivity contribution in [2.45, 2.75) is 63.6 Å². The summed E-state index contributed by atoms with van der Waals surface area (Å²) in [5.41, 5.74) is 2.30. The second kappa shape index (κ2) is 9.31. The minimum Gasteiger partial charge on any atom is -0.497 e. The van der Waals surface area contributed by atoms with Crippen LogP contribution in [0.5, 0.6) is 11.5 Å². The first-order valence-electron chi connectivity index (χ1n) is 11.4. The molecule has 31 heavy (non-hydrogen) atoms. The predicted molar refractivity (Wildman–Crippen MR) is 123 cm³/mol. The zero-order valence-corrected chi connectivity index (χ0v) is 18.9. The first kappa shape index (κ1) is 21.7. The van der Waals surface area contributed by atoms with Gasteiger partial charge in [0.25, 0.3) is 0 Å². The molecule has 1 spiro atoms. The van der Waals surface area contributed by atoms with Crippen LogP contribution in [0.3, 0.4) is 0 Å². The molecule has 1 saturated heterocycles. The molecule has 166 valence electrons. The van der Waals surface area contributed by atoms with E-state index in [0.717, 1.165) is 50.4 Å². The largest absolute Gasteiger partial charge is 0.497 e. The lowest BCUT2D eigenvalue weighted by Crippen LogP contribution is -2.50. The SMILES string of the molecule is COc1ccc(CN2CCC3(CC2)C[C@H](CC(=O)NC(C)C)c2ccccc2O3)cc1. The van der Waals surface area contributed by atoms with Crippen LogP contribution in [0, 0.1) is 0 Å². The number of nitrogens with one attached hydrogen (secondary N) is 1. The lowest BCUT2D eigenvalue weighted by Gasteiger charge is -2.47. The van der Waals surface area contributed by atoms with E-state index in [-0.39, 0.29) is 23.5 Å². The normalized spacial score (nSPS) is 20.2. The molecule has 1 fully saturated rings. The Balaban J connectivity index is 1.42. The third kappa shape index (κ3) is 5.21. The van der Waals surface area contributed by atoms with E-state index < -0.39 is 0 Å². The molecule has 1 amide bonds. The molecule has 0 unspecified atom stereocenters. The quantitative estimate of drug-likeness (QED) is 0.744. The van der Waals surface area contributed by atoms with Gasteiger partial charge in [-0.2, -0.15) is 0 Å². The van der Waals surface area contributed by atoms with Gasteiger partial charge >= 0.3 is 0 Å². The average Bonchev–Trinajstić information content (AvgIpc) is 2.75. The second-order valence-corrected chi connectivity index (χ2v) is 9.27. The van der Waals surface area contributed by atoms with E-state index in [1.807, 2.05) is 38.1 Å². The van der Waals surface area contributed by atoms with Crippen LogP contribution >= 0.6 is 0 Å². The highest BCUT2D eigenvalue weighted by Gasteiger charge is 2.43. The van der Waals surface area contributed by atoms with E-state index in [2.05, 4.69) is 34.5 Å². The number of benzene rings is 2. The monoisotopic (exact) mass is 422 g/mol. The van der Waals surface area contributed by atoms with Gasteiger partial charge in [-0.05, 0) is 62.4 Å². The first-order valence-corrected chi connectivity index (χ1v) is 11.4. The molecule has 0 bridgehead atoms. The number of carbonyl (C=O) groups is 1. The Labute approximate surface area is 185 Å². The maximum absolute atomic E-state index is 12.5. The Bertz CT molecular complexity index is 886. The van der Waals surface area contributed by atoms with Crippen molar-refractivity contribution in [3.8, 4) is 11.5 Å². The van der Waals surface area contributed by atoms with Crippen LogP contribution in [0.15, 0.2) is 48.5 Å². The van der Waals surface area contributed by atoms with Crippen LogP contribution in [-0.2, 0) is 11.3 Å². The Morgan fingerprint density at radius 2 is 1.87 bits per heavy atom. The number of ether oxygens (including phenoxy) is 2. The van der Waals surface area contributed by atoms with E-state index in [0.29, 0.717) is 6.42 Å². The number of likely N-dealkylation sites (tertiary alicyclic amines) is 1. The van der Waals surface area contributed by atoms with Gasteiger partial charge in [-0.1, -0.05) is 30.3 Å². The maximum atomic E-state index is 12.5. The zero-order valence-electron chi connectivity index (χ0n) is 18.9. The number of nitrogens with zero attached hydrogens (tertiary/aromatic N) is 1. The second-order valence-electron chi connectivity index (χ2n) is 9.27. The molecule has 0 aliphatic carbocycles. The van der Waals surface area contributed by atoms with Crippen molar-refractivity contribution in [1.29, 1.82) is 0 Å². The van der Waals surface area contributed by atoms with E-state index in [9.17, 15) is 4.79 Å². The number of amides is 1. The van der Waals surface area contributed by atoms with Crippen molar-refractivity contribution in [1.82, 2.24) is 10.2 Å². The molecule has 5 nitrogen and oxygen atoms in total. The van der Waals surface area contributed by atoms with Gasteiger partial charge in [0.15, 0.2) is 0 Å². The molecule has 1 N–H and O–H groups in total. The lowest BCUT2D eigenvalue weighted by atomic mass is 9.76. The Hall–Kier alpha value is -2.53. The fourth-order valence-electron chi connectivity index (χ4n) is 4.95. The molecule has 2 heterocycles. The molecule has 1 atom stereocenters. The van der Waals surface area contributed by atoms with Crippen molar-refractivity contribution in [3.63, 3.8) is 0 Å². The van der Waals surface area contributed by atoms with Gasteiger partial charge in [0.1, 0.15) is 17.1 Å². The molecule has 2 aliphatic rings. The van der Waals surface area contributed by atoms with E-state index in [1.165, 1.54) is 11.1 Å². The van der Waals surface area contributed by atoms with Gasteiger partial charge in [0, 0.05) is 38.0 Å². The fourth-order valence-corrected chi connectivity index (χ4v) is 4.95. The zero-order chi connectivity index (χ0) is 21.8. The number of piperidine rings is 1. The molecule has 5 heteroatoms. The van der Waals surface area contributed by atoms with E-state index in [1.54, 1.807) is 7.11 Å². The van der Waals surface area contributed by atoms with Crippen LogP contribution in [0.4, 0.5) is 0 Å². The molecule has 4 rings (SSSR count). The summed E-state index contributed by atoms with van der Waals surface area (Å²) in [6.45, 7) is 6.96. The van der Waals surface area contributed by atoms with E-state index >= 15 is 0 Å². The van der Waals surface area contributed by atoms with Gasteiger partial charge in [0.05, 0.1) is 7.11 Å². The van der Waals surface area contributed by atoms with Gasteiger partial charge in [-0.3, -0.25) is 9.69 Å². The number of fused-ring (bicyclic) bond motifs is 1. The highest BCUT2D eigenvalue weighted by atomic mass is 16.5. The summed E-state index contributed by atoms with van der Waals surface area (Å²) in [6, 6.07) is 16.7. The topological polar surface area (TPSA) is 50.8 Å². The molecule has 0 saturated carbocycles. The van der Waals surface area contributed by atoms with Crippen LogP contribution < -0.4 is 14.8 Å². The van der Waals surface area contributed by atoms with Gasteiger partial charge < -0.3 is 14.8 Å². The number of carbonyl (C=O) groups excluding carboxylic acids is 1. The van der Waals surface area contributed by atoms with Crippen LogP contribution in [0.1, 0.15) is 56.6 Å². The average molecular weight is 423 g/mol. The number of hydrogen-bond donors (Lipinski definition) is 1. The molecule has 2 aromatic carbocycles. The number of methoxy groups -OCH3 is 1. The standard InChI is InChI=1S/C26H34N2O3/c1-19(2)27-25(29)16-21-17-26(31-24-7-5-4-6-23(21)24)12-14-28(15-13-26)18-20-8-10-22(30-3)11-9-20/h4-11,19,21H,12-18H2,1-3H3,(H,27,29)/t21-/m0/s1. The summed E-state index contributed by atoms with van der Waals surface area (Å²) in [7, 11) is 1.70. The fraction of sp³-hybridized carbons (Fsp3) is 0.500. The Kier molecular flexibility index (Phi) is 6.51. The van der Waals surface area contributed by atoms with Gasteiger partial charge in [-0.25, -0.2) is 0 Å². The number of para-hydroxylation sites is 1. The van der Waals surface area contributed by atoms with Crippen molar-refractivity contribution >= 4 is 5.91 Å². The molecule has 2 aliphatic heterocycles. The molecular formula is C26H34N2O3. The highest BCUT2D eigenvalue weighted by molar-refractivity contribution is 5.77. The summed E-state index contributed by atoms with van der Waals surface area (Å²) in [5.74, 6) is 2.18. The molecule has 0 aromatic heterocycles. The minimum absolute atomic E-state index is 0.129. The van der Waals surface area contributed by atoms with Gasteiger partial charge in [-0.15, -0.1) is 0 Å². The third-order valence-corrected chi connectivity index (χ3v) is 6.52. The summed E-state index contributed by atoms with van der Waals surface area (Å²) in [6.07, 6.45) is 3.40. The van der Waals surface area contributed by atoms with Crippen LogP contribution in [0.25, 0.3) is 0 Å². The predicted octanol–water partition coefficient (Wildman–Crippen LogP) is 4.51. The minimum atomic E-state index is -0.173. The van der Waals surface area contributed by atoms with Gasteiger partial charge in [0.2, 0.25) is 5.91 Å². The summed E-state index contributed by atoms with van der Waals surface area (Å²) in [5, 5.41) is 3.06. The smallest absolute Gasteiger partial charge is 0.220 e. The lowest BCUT2D eigenvalue weighted by molar-refractivity contribution is -0.122. The van der Waals surface area contributed by atoms with E-state index in [4.69, 9.17) is 9.47 Å². The number of hydrogen-bond acceptors (Lipinski definition) is 4. The Morgan fingerprint density at radius 1 is 1.16 bits per heavy atom. The van der Waals surface area contributed by atoms with Crippen LogP contribution in [-0.4, -0.2) is 42.6 Å². The Morgan fingerprint density at radius 3 is 2.55 bits per heavy atom. The third-order valence-electron chi connectivity index (χ3n) is 6.52. The van der Waals surface area contributed by atoms with Crippen molar-refractivity contribution in [2.24, 2.45) is 0 Å². The molecule has 0 radical (unpaired) electrons. The summed E-state index contributed by atoms with van der Waals surface area (Å²) in [4.78, 5) is 15.0. The first-order chi connectivity index (χ1) is 15.0. The number of rotatable bonds is 6. The maximum Gasteiger partial charge on any atom is 0.220 e. The highest BCUT2D eigenvalue weighted by Crippen LogP contribution is 2.46. The van der Waals surface area contributed by atoms with Crippen LogP contribution in [0.2, 0.25) is 0 Å². The summed E-state index contributed by atoms with van der Waals surface area (Å²) < 4.78 is 11.9. The van der Waals surface area contributed by atoms with Crippen molar-refractivity contribution < 1.29 is 14.3 Å². The molecular weight excluding hydrogens is 388 g/mol. The van der Waals surface area contributed by atoms with Crippen molar-refractivity contribution in [3.05, 3.63) is 59.7 Å². The summed E-state index contributed by atoms with van der Waals surface area (Å²) >= 11 is 0. The molecule has 2 aromatic rings.